The molecule has 4 nitrogen and oxygen atoms in total. The molecule has 0 spiro atoms. The molecule has 1 amide bonds. The highest BCUT2D eigenvalue weighted by Gasteiger charge is 2.27. The first-order chi connectivity index (χ1) is 13.5. The van der Waals surface area contributed by atoms with E-state index in [1.165, 1.54) is 10.5 Å². The zero-order chi connectivity index (χ0) is 19.8. The highest BCUT2D eigenvalue weighted by atomic mass is 32.1. The second-order valence-corrected chi connectivity index (χ2v) is 7.66. The van der Waals surface area contributed by atoms with Gasteiger partial charge in [-0.15, -0.1) is 0 Å². The molecular formula is C20H18F3N3OS. The van der Waals surface area contributed by atoms with Gasteiger partial charge in [0.2, 0.25) is 0 Å². The van der Waals surface area contributed by atoms with Crippen LogP contribution in [-0.4, -0.2) is 42.0 Å². The van der Waals surface area contributed by atoms with Gasteiger partial charge in [0.1, 0.15) is 0 Å². The summed E-state index contributed by atoms with van der Waals surface area (Å²) < 4.78 is 41.5. The van der Waals surface area contributed by atoms with Crippen molar-refractivity contribution < 1.29 is 18.0 Å². The van der Waals surface area contributed by atoms with Crippen LogP contribution in [0.15, 0.2) is 30.3 Å². The van der Waals surface area contributed by atoms with Crippen LogP contribution >= 0.6 is 11.3 Å². The Hall–Kier alpha value is -2.61. The van der Waals surface area contributed by atoms with Crippen molar-refractivity contribution in [2.24, 2.45) is 0 Å². The Morgan fingerprint density at radius 2 is 1.82 bits per heavy atom. The number of nitrogens with zero attached hydrogens (tertiary/aromatic N) is 3. The summed E-state index contributed by atoms with van der Waals surface area (Å²) in [5, 5.41) is 0.884. The third-order valence-corrected chi connectivity index (χ3v) is 6.03. The zero-order valence-corrected chi connectivity index (χ0v) is 16.0. The van der Waals surface area contributed by atoms with Gasteiger partial charge < -0.3 is 9.80 Å². The Kier molecular flexibility index (Phi) is 4.97. The number of rotatable bonds is 3. The van der Waals surface area contributed by atoms with E-state index in [1.807, 2.05) is 6.07 Å². The number of carbonyl (C=O) groups is 1. The lowest BCUT2D eigenvalue weighted by atomic mass is 10.1. The smallest absolute Gasteiger partial charge is 0.257 e. The molecule has 1 fully saturated rings. The number of piperazine rings is 1. The summed E-state index contributed by atoms with van der Waals surface area (Å²) in [7, 11) is 0. The maximum absolute atomic E-state index is 13.9. The molecule has 1 aromatic heterocycles. The molecule has 0 bridgehead atoms. The molecule has 0 N–H and O–H groups in total. The molecule has 1 aliphatic rings. The average molecular weight is 405 g/mol. The number of hydrogen-bond acceptors (Lipinski definition) is 4. The number of amides is 1. The maximum atomic E-state index is 13.9. The summed E-state index contributed by atoms with van der Waals surface area (Å²) in [6.45, 7) is 3.89. The summed E-state index contributed by atoms with van der Waals surface area (Å²) in [6.07, 6.45) is 0.963. The second-order valence-electron chi connectivity index (χ2n) is 6.65. The minimum absolute atomic E-state index is 0.355. The number of carbonyl (C=O) groups excluding carboxylic acids is 1. The van der Waals surface area contributed by atoms with E-state index < -0.39 is 28.9 Å². The van der Waals surface area contributed by atoms with E-state index in [0.717, 1.165) is 33.9 Å². The first kappa shape index (κ1) is 18.7. The van der Waals surface area contributed by atoms with Crippen molar-refractivity contribution in [3.05, 3.63) is 58.9 Å². The quantitative estimate of drug-likeness (QED) is 0.612. The lowest BCUT2D eigenvalue weighted by Crippen LogP contribution is -2.49. The minimum Gasteiger partial charge on any atom is -0.345 e. The summed E-state index contributed by atoms with van der Waals surface area (Å²) in [6, 6.07) is 7.98. The van der Waals surface area contributed by atoms with Crippen molar-refractivity contribution in [1.82, 2.24) is 9.88 Å². The van der Waals surface area contributed by atoms with Gasteiger partial charge in [0, 0.05) is 26.2 Å². The third kappa shape index (κ3) is 3.32. The van der Waals surface area contributed by atoms with Gasteiger partial charge in [-0.05, 0) is 36.2 Å². The van der Waals surface area contributed by atoms with Crippen molar-refractivity contribution in [2.45, 2.75) is 13.3 Å². The predicted octanol–water partition coefficient (Wildman–Crippen LogP) is 4.24. The zero-order valence-electron chi connectivity index (χ0n) is 15.2. The van der Waals surface area contributed by atoms with Crippen LogP contribution in [-0.2, 0) is 6.42 Å². The SMILES string of the molecule is CCc1ccc2nc(N3CCN(C(=O)c4ccc(F)c(F)c4F)CC3)sc2c1. The number of aryl methyl sites for hydroxylation is 1. The van der Waals surface area contributed by atoms with E-state index in [2.05, 4.69) is 28.9 Å². The topological polar surface area (TPSA) is 36.4 Å². The van der Waals surface area contributed by atoms with Crippen LogP contribution in [0.1, 0.15) is 22.8 Å². The van der Waals surface area contributed by atoms with Gasteiger partial charge in [0.25, 0.3) is 5.91 Å². The van der Waals surface area contributed by atoms with Gasteiger partial charge >= 0.3 is 0 Å². The van der Waals surface area contributed by atoms with Gasteiger partial charge in [-0.25, -0.2) is 18.2 Å². The maximum Gasteiger partial charge on any atom is 0.257 e. The first-order valence-corrected chi connectivity index (χ1v) is 9.86. The molecule has 8 heteroatoms. The molecule has 2 aromatic carbocycles. The largest absolute Gasteiger partial charge is 0.345 e. The normalized spacial score (nSPS) is 14.7. The molecular weight excluding hydrogens is 387 g/mol. The Labute approximate surface area is 164 Å². The van der Waals surface area contributed by atoms with E-state index in [0.29, 0.717) is 26.2 Å². The molecule has 0 atom stereocenters. The highest BCUT2D eigenvalue weighted by molar-refractivity contribution is 7.22. The number of benzene rings is 2. The number of thiazole rings is 1. The molecule has 2 heterocycles. The summed E-state index contributed by atoms with van der Waals surface area (Å²) in [5.41, 5.74) is 1.76. The molecule has 0 unspecified atom stereocenters. The van der Waals surface area contributed by atoms with Crippen molar-refractivity contribution in [3.8, 4) is 0 Å². The lowest BCUT2D eigenvalue weighted by Gasteiger charge is -2.34. The lowest BCUT2D eigenvalue weighted by molar-refractivity contribution is 0.0740. The van der Waals surface area contributed by atoms with Crippen LogP contribution in [0.4, 0.5) is 18.3 Å². The van der Waals surface area contributed by atoms with Gasteiger partial charge in [-0.1, -0.05) is 24.3 Å². The van der Waals surface area contributed by atoms with Crippen LogP contribution in [0.5, 0.6) is 0 Å². The molecule has 3 aromatic rings. The van der Waals surface area contributed by atoms with Crippen LogP contribution in [0.2, 0.25) is 0 Å². The molecule has 28 heavy (non-hydrogen) atoms. The Balaban J connectivity index is 1.47. The van der Waals surface area contributed by atoms with Crippen LogP contribution in [0, 0.1) is 17.5 Å². The van der Waals surface area contributed by atoms with E-state index >= 15 is 0 Å². The molecule has 4 rings (SSSR count). The predicted molar refractivity (Wildman–Crippen MR) is 103 cm³/mol. The van der Waals surface area contributed by atoms with Crippen LogP contribution in [0.25, 0.3) is 10.2 Å². The number of halogens is 3. The van der Waals surface area contributed by atoms with E-state index in [4.69, 9.17) is 0 Å². The second kappa shape index (κ2) is 7.43. The fraction of sp³-hybridized carbons (Fsp3) is 0.300. The van der Waals surface area contributed by atoms with Crippen molar-refractivity contribution in [1.29, 1.82) is 0 Å². The number of fused-ring (bicyclic) bond motifs is 1. The van der Waals surface area contributed by atoms with Gasteiger partial charge in [-0.3, -0.25) is 4.79 Å². The van der Waals surface area contributed by atoms with Gasteiger partial charge in [-0.2, -0.15) is 0 Å². The number of aromatic nitrogens is 1. The van der Waals surface area contributed by atoms with E-state index in [-0.39, 0.29) is 0 Å². The molecule has 146 valence electrons. The van der Waals surface area contributed by atoms with Crippen LogP contribution in [0.3, 0.4) is 0 Å². The van der Waals surface area contributed by atoms with E-state index in [1.54, 1.807) is 11.3 Å². The number of hydrogen-bond donors (Lipinski definition) is 0. The van der Waals surface area contributed by atoms with Crippen molar-refractivity contribution in [3.63, 3.8) is 0 Å². The molecule has 0 aliphatic carbocycles. The minimum atomic E-state index is -1.62. The number of anilines is 1. The fourth-order valence-corrected chi connectivity index (χ4v) is 4.36. The van der Waals surface area contributed by atoms with Crippen molar-refractivity contribution in [2.75, 3.05) is 31.1 Å². The molecule has 1 aliphatic heterocycles. The van der Waals surface area contributed by atoms with E-state index in [9.17, 15) is 18.0 Å². The summed E-state index contributed by atoms with van der Waals surface area (Å²) in [4.78, 5) is 20.7. The monoisotopic (exact) mass is 405 g/mol. The Morgan fingerprint density at radius 3 is 2.54 bits per heavy atom. The summed E-state index contributed by atoms with van der Waals surface area (Å²) >= 11 is 1.61. The van der Waals surface area contributed by atoms with Gasteiger partial charge in [0.05, 0.1) is 15.8 Å². The van der Waals surface area contributed by atoms with Crippen LogP contribution < -0.4 is 4.90 Å². The van der Waals surface area contributed by atoms with Gasteiger partial charge in [0.15, 0.2) is 22.6 Å². The van der Waals surface area contributed by atoms with Crippen molar-refractivity contribution >= 4 is 32.6 Å². The first-order valence-electron chi connectivity index (χ1n) is 9.05. The highest BCUT2D eigenvalue weighted by Crippen LogP contribution is 2.30. The fourth-order valence-electron chi connectivity index (χ4n) is 3.27. The average Bonchev–Trinajstić information content (AvgIpc) is 3.15. The third-order valence-electron chi connectivity index (χ3n) is 4.95. The molecule has 0 saturated carbocycles. The standard InChI is InChI=1S/C20H18F3N3OS/c1-2-12-3-6-15-16(11-12)28-20(24-15)26-9-7-25(8-10-26)19(27)13-4-5-14(21)18(23)17(13)22/h3-6,11H,2,7-10H2,1H3. The Bertz CT molecular complexity index is 1040. The Morgan fingerprint density at radius 1 is 1.07 bits per heavy atom. The molecule has 0 radical (unpaired) electrons. The molecule has 1 saturated heterocycles. The summed E-state index contributed by atoms with van der Waals surface area (Å²) in [5.74, 6) is -5.00.